The van der Waals surface area contributed by atoms with Gasteiger partial charge < -0.3 is 9.47 Å². The first-order chi connectivity index (χ1) is 14.3. The highest BCUT2D eigenvalue weighted by molar-refractivity contribution is 6.35. The molecule has 1 saturated heterocycles. The number of ether oxygens (including phenoxy) is 2. The number of halogens is 1. The van der Waals surface area contributed by atoms with Crippen LogP contribution in [0.5, 0.6) is 5.75 Å². The lowest BCUT2D eigenvalue weighted by atomic mass is 9.96. The quantitative estimate of drug-likeness (QED) is 0.458. The summed E-state index contributed by atoms with van der Waals surface area (Å²) < 4.78 is 11.8. The van der Waals surface area contributed by atoms with Crippen LogP contribution in [-0.2, 0) is 4.74 Å². The summed E-state index contributed by atoms with van der Waals surface area (Å²) in [6.45, 7) is 3.86. The van der Waals surface area contributed by atoms with Crippen LogP contribution in [0.1, 0.15) is 30.9 Å². The fourth-order valence-corrected chi connectivity index (χ4v) is 4.29. The zero-order chi connectivity index (χ0) is 19.9. The predicted molar refractivity (Wildman–Crippen MR) is 118 cm³/mol. The van der Waals surface area contributed by atoms with Gasteiger partial charge in [0.25, 0.3) is 0 Å². The van der Waals surface area contributed by atoms with Crippen molar-refractivity contribution in [1.82, 2.24) is 9.88 Å². The monoisotopic (exact) mass is 410 g/mol. The van der Waals surface area contributed by atoms with Gasteiger partial charge in [-0.15, -0.1) is 0 Å². The number of hydrogen-bond donors (Lipinski definition) is 0. The molecule has 0 amide bonds. The second-order valence-electron chi connectivity index (χ2n) is 7.39. The Morgan fingerprint density at radius 1 is 0.966 bits per heavy atom. The molecular formula is C24H27ClN2O2. The van der Waals surface area contributed by atoms with E-state index in [1.165, 1.54) is 24.8 Å². The number of aromatic nitrogens is 1. The molecule has 1 aliphatic rings. The fourth-order valence-electron chi connectivity index (χ4n) is 4.06. The maximum absolute atomic E-state index is 6.27. The van der Waals surface area contributed by atoms with E-state index in [-0.39, 0.29) is 0 Å². The highest BCUT2D eigenvalue weighted by Crippen LogP contribution is 2.31. The molecule has 0 saturated carbocycles. The van der Waals surface area contributed by atoms with Crippen molar-refractivity contribution in [2.45, 2.75) is 25.3 Å². The van der Waals surface area contributed by atoms with Gasteiger partial charge in [-0.1, -0.05) is 48.4 Å². The maximum Gasteiger partial charge on any atom is 0.127 e. The zero-order valence-corrected chi connectivity index (χ0v) is 17.4. The molecule has 29 heavy (non-hydrogen) atoms. The van der Waals surface area contributed by atoms with Crippen LogP contribution in [0, 0.1) is 0 Å². The number of benzene rings is 2. The van der Waals surface area contributed by atoms with Crippen molar-refractivity contribution in [2.75, 3.05) is 32.9 Å². The Hall–Kier alpha value is -2.14. The van der Waals surface area contributed by atoms with Crippen LogP contribution in [-0.4, -0.2) is 42.8 Å². The van der Waals surface area contributed by atoms with E-state index in [1.54, 1.807) is 0 Å². The van der Waals surface area contributed by atoms with Crippen molar-refractivity contribution in [2.24, 2.45) is 0 Å². The standard InChI is InChI=1S/C24H27ClN2O2/c25-22-10-11-24(21-8-2-1-7-20(21)22)29-17-16-28-15-14-27-13-4-3-9-23(27)19-6-5-12-26-18-19/h1-2,5-8,10-12,18,23H,3-4,9,13-17H2/t23-/m1/s1. The Morgan fingerprint density at radius 3 is 2.72 bits per heavy atom. The topological polar surface area (TPSA) is 34.6 Å². The van der Waals surface area contributed by atoms with E-state index in [4.69, 9.17) is 21.1 Å². The van der Waals surface area contributed by atoms with Crippen molar-refractivity contribution in [1.29, 1.82) is 0 Å². The summed E-state index contributed by atoms with van der Waals surface area (Å²) in [5, 5.41) is 2.79. The number of hydrogen-bond acceptors (Lipinski definition) is 4. The highest BCUT2D eigenvalue weighted by atomic mass is 35.5. The van der Waals surface area contributed by atoms with Gasteiger partial charge in [-0.05, 0) is 43.1 Å². The SMILES string of the molecule is Clc1ccc(OCCOCCN2CCCC[C@@H]2c2cccnc2)c2ccccc12. The zero-order valence-electron chi connectivity index (χ0n) is 16.6. The predicted octanol–water partition coefficient (Wildman–Crippen LogP) is 5.51. The van der Waals surface area contributed by atoms with Crippen molar-refractivity contribution in [3.8, 4) is 5.75 Å². The second-order valence-corrected chi connectivity index (χ2v) is 7.79. The third kappa shape index (κ3) is 5.08. The molecule has 2 heterocycles. The van der Waals surface area contributed by atoms with Gasteiger partial charge in [0, 0.05) is 40.8 Å². The first kappa shape index (κ1) is 20.1. The summed E-state index contributed by atoms with van der Waals surface area (Å²) in [7, 11) is 0. The van der Waals surface area contributed by atoms with E-state index in [2.05, 4.69) is 16.0 Å². The number of piperidine rings is 1. The molecule has 5 heteroatoms. The Labute approximate surface area is 177 Å². The average molecular weight is 411 g/mol. The van der Waals surface area contributed by atoms with Crippen LogP contribution >= 0.6 is 11.6 Å². The van der Waals surface area contributed by atoms with Crippen molar-refractivity contribution in [3.05, 3.63) is 71.5 Å². The Morgan fingerprint density at radius 2 is 1.86 bits per heavy atom. The first-order valence-corrected chi connectivity index (χ1v) is 10.7. The smallest absolute Gasteiger partial charge is 0.127 e. The van der Waals surface area contributed by atoms with Crippen molar-refractivity contribution < 1.29 is 9.47 Å². The van der Waals surface area contributed by atoms with E-state index < -0.39 is 0 Å². The molecule has 1 aromatic heterocycles. The van der Waals surface area contributed by atoms with Crippen LogP contribution in [0.25, 0.3) is 10.8 Å². The van der Waals surface area contributed by atoms with Gasteiger partial charge in [-0.2, -0.15) is 0 Å². The fraction of sp³-hybridized carbons (Fsp3) is 0.375. The van der Waals surface area contributed by atoms with Crippen molar-refractivity contribution in [3.63, 3.8) is 0 Å². The Kier molecular flexibility index (Phi) is 6.99. The highest BCUT2D eigenvalue weighted by Gasteiger charge is 2.23. The van der Waals surface area contributed by atoms with Crippen LogP contribution < -0.4 is 4.74 Å². The third-order valence-electron chi connectivity index (χ3n) is 5.52. The van der Waals surface area contributed by atoms with E-state index >= 15 is 0 Å². The maximum atomic E-state index is 6.27. The minimum Gasteiger partial charge on any atom is -0.491 e. The summed E-state index contributed by atoms with van der Waals surface area (Å²) in [5.74, 6) is 0.848. The summed E-state index contributed by atoms with van der Waals surface area (Å²) in [5.41, 5.74) is 1.31. The van der Waals surface area contributed by atoms with Gasteiger partial charge in [0.05, 0.1) is 13.2 Å². The van der Waals surface area contributed by atoms with Gasteiger partial charge in [0.1, 0.15) is 12.4 Å². The largest absolute Gasteiger partial charge is 0.491 e. The molecule has 2 aromatic carbocycles. The molecule has 4 rings (SSSR count). The van der Waals surface area contributed by atoms with Crippen LogP contribution in [0.4, 0.5) is 0 Å². The second kappa shape index (κ2) is 10.1. The molecule has 0 radical (unpaired) electrons. The molecule has 1 atom stereocenters. The Balaban J connectivity index is 1.24. The number of nitrogens with zero attached hydrogens (tertiary/aromatic N) is 2. The van der Waals surface area contributed by atoms with Crippen LogP contribution in [0.2, 0.25) is 5.02 Å². The molecule has 152 valence electrons. The van der Waals surface area contributed by atoms with E-state index in [0.717, 1.165) is 34.6 Å². The minimum absolute atomic E-state index is 0.456. The first-order valence-electron chi connectivity index (χ1n) is 10.3. The van der Waals surface area contributed by atoms with Gasteiger partial charge in [-0.25, -0.2) is 0 Å². The lowest BCUT2D eigenvalue weighted by Gasteiger charge is -2.35. The number of rotatable bonds is 8. The molecule has 0 aliphatic carbocycles. The lowest BCUT2D eigenvalue weighted by Crippen LogP contribution is -2.36. The normalized spacial score (nSPS) is 17.5. The molecule has 1 aliphatic heterocycles. The van der Waals surface area contributed by atoms with Crippen LogP contribution in [0.15, 0.2) is 60.9 Å². The average Bonchev–Trinajstić information content (AvgIpc) is 2.78. The summed E-state index contributed by atoms with van der Waals surface area (Å²) >= 11 is 6.27. The molecular weight excluding hydrogens is 384 g/mol. The molecule has 1 fully saturated rings. The number of likely N-dealkylation sites (tertiary alicyclic amines) is 1. The van der Waals surface area contributed by atoms with Gasteiger partial charge in [0.2, 0.25) is 0 Å². The molecule has 4 nitrogen and oxygen atoms in total. The molecule has 3 aromatic rings. The van der Waals surface area contributed by atoms with Gasteiger partial charge in [0.15, 0.2) is 0 Å². The van der Waals surface area contributed by atoms with Gasteiger partial charge >= 0.3 is 0 Å². The van der Waals surface area contributed by atoms with E-state index in [9.17, 15) is 0 Å². The summed E-state index contributed by atoms with van der Waals surface area (Å²) in [6, 6.07) is 16.5. The molecule has 0 bridgehead atoms. The third-order valence-corrected chi connectivity index (χ3v) is 5.85. The molecule has 0 unspecified atom stereocenters. The Bertz CT molecular complexity index is 919. The van der Waals surface area contributed by atoms with E-state index in [0.29, 0.717) is 25.9 Å². The lowest BCUT2D eigenvalue weighted by molar-refractivity contribution is 0.0573. The molecule has 0 spiro atoms. The van der Waals surface area contributed by atoms with Crippen LogP contribution in [0.3, 0.4) is 0 Å². The summed E-state index contributed by atoms with van der Waals surface area (Å²) in [6.07, 6.45) is 7.56. The number of pyridine rings is 1. The van der Waals surface area contributed by atoms with Gasteiger partial charge in [-0.3, -0.25) is 9.88 Å². The minimum atomic E-state index is 0.456. The van der Waals surface area contributed by atoms with E-state index in [1.807, 2.05) is 54.9 Å². The molecule has 0 N–H and O–H groups in total. The number of fused-ring (bicyclic) bond motifs is 1. The summed E-state index contributed by atoms with van der Waals surface area (Å²) in [4.78, 5) is 6.81. The van der Waals surface area contributed by atoms with Crippen molar-refractivity contribution >= 4 is 22.4 Å².